The molecule has 0 aromatic heterocycles. The Bertz CT molecular complexity index is 262. The van der Waals surface area contributed by atoms with Crippen LogP contribution < -0.4 is 5.73 Å². The SMILES string of the molecule is CC1OC(=O)[C@@H](N)COC[C@@H]2CCCC[C@@H]12.Cl. The van der Waals surface area contributed by atoms with Crippen molar-refractivity contribution in [2.75, 3.05) is 13.2 Å². The van der Waals surface area contributed by atoms with Crippen molar-refractivity contribution in [2.24, 2.45) is 17.6 Å². The van der Waals surface area contributed by atoms with E-state index in [4.69, 9.17) is 15.2 Å². The third-order valence-electron chi connectivity index (χ3n) is 3.80. The number of halogens is 1. The Kier molecular flexibility index (Phi) is 5.70. The van der Waals surface area contributed by atoms with E-state index in [1.807, 2.05) is 6.92 Å². The van der Waals surface area contributed by atoms with Gasteiger partial charge in [-0.2, -0.15) is 0 Å². The van der Waals surface area contributed by atoms with E-state index in [0.717, 1.165) is 13.0 Å². The molecule has 4 nitrogen and oxygen atoms in total. The number of nitrogens with two attached hydrogens (primary N) is 1. The molecule has 100 valence electrons. The van der Waals surface area contributed by atoms with Gasteiger partial charge in [0.1, 0.15) is 12.1 Å². The summed E-state index contributed by atoms with van der Waals surface area (Å²) in [6, 6.07) is -0.623. The summed E-state index contributed by atoms with van der Waals surface area (Å²) in [5.41, 5.74) is 5.67. The molecule has 2 rings (SSSR count). The maximum atomic E-state index is 11.6. The Morgan fingerprint density at radius 2 is 1.94 bits per heavy atom. The Hall–Kier alpha value is -0.320. The molecule has 1 aliphatic heterocycles. The van der Waals surface area contributed by atoms with Crippen LogP contribution >= 0.6 is 12.4 Å². The Labute approximate surface area is 109 Å². The van der Waals surface area contributed by atoms with Crippen molar-refractivity contribution in [2.45, 2.75) is 44.8 Å². The van der Waals surface area contributed by atoms with Crippen LogP contribution in [0.1, 0.15) is 32.6 Å². The Morgan fingerprint density at radius 3 is 2.71 bits per heavy atom. The highest BCUT2D eigenvalue weighted by atomic mass is 35.5. The summed E-state index contributed by atoms with van der Waals surface area (Å²) in [5, 5.41) is 0. The van der Waals surface area contributed by atoms with E-state index in [1.165, 1.54) is 19.3 Å². The third-order valence-corrected chi connectivity index (χ3v) is 3.80. The van der Waals surface area contributed by atoms with Crippen molar-refractivity contribution in [1.82, 2.24) is 0 Å². The van der Waals surface area contributed by atoms with Crippen molar-refractivity contribution < 1.29 is 14.3 Å². The van der Waals surface area contributed by atoms with Gasteiger partial charge in [-0.1, -0.05) is 12.8 Å². The van der Waals surface area contributed by atoms with Gasteiger partial charge in [0.05, 0.1) is 6.61 Å². The van der Waals surface area contributed by atoms with Crippen molar-refractivity contribution in [1.29, 1.82) is 0 Å². The highest BCUT2D eigenvalue weighted by Crippen LogP contribution is 2.34. The maximum Gasteiger partial charge on any atom is 0.325 e. The van der Waals surface area contributed by atoms with Gasteiger partial charge < -0.3 is 15.2 Å². The molecule has 1 aliphatic carbocycles. The zero-order valence-corrected chi connectivity index (χ0v) is 11.1. The minimum absolute atomic E-state index is 0. The van der Waals surface area contributed by atoms with E-state index in [1.54, 1.807) is 0 Å². The first kappa shape index (κ1) is 14.7. The first-order chi connectivity index (χ1) is 7.68. The van der Waals surface area contributed by atoms with Crippen LogP contribution in [0.25, 0.3) is 0 Å². The predicted octanol–water partition coefficient (Wildman–Crippen LogP) is 1.50. The van der Waals surface area contributed by atoms with Gasteiger partial charge in [-0.05, 0) is 25.7 Å². The van der Waals surface area contributed by atoms with Gasteiger partial charge in [-0.25, -0.2) is 0 Å². The average Bonchev–Trinajstić information content (AvgIpc) is 2.32. The highest BCUT2D eigenvalue weighted by molar-refractivity contribution is 5.85. The van der Waals surface area contributed by atoms with E-state index in [-0.39, 0.29) is 31.1 Å². The van der Waals surface area contributed by atoms with Crippen molar-refractivity contribution in [3.63, 3.8) is 0 Å². The summed E-state index contributed by atoms with van der Waals surface area (Å²) in [7, 11) is 0. The normalized spacial score (nSPS) is 38.8. The van der Waals surface area contributed by atoms with E-state index in [2.05, 4.69) is 0 Å². The van der Waals surface area contributed by atoms with Gasteiger partial charge in [-0.15, -0.1) is 12.4 Å². The molecule has 0 aromatic rings. The van der Waals surface area contributed by atoms with E-state index in [9.17, 15) is 4.79 Å². The monoisotopic (exact) mass is 263 g/mol. The van der Waals surface area contributed by atoms with E-state index < -0.39 is 6.04 Å². The largest absolute Gasteiger partial charge is 0.461 e. The van der Waals surface area contributed by atoms with Gasteiger partial charge in [-0.3, -0.25) is 4.79 Å². The molecule has 4 atom stereocenters. The van der Waals surface area contributed by atoms with Gasteiger partial charge in [0, 0.05) is 12.5 Å². The minimum Gasteiger partial charge on any atom is -0.461 e. The molecule has 2 fully saturated rings. The van der Waals surface area contributed by atoms with Gasteiger partial charge >= 0.3 is 5.97 Å². The number of fused-ring (bicyclic) bond motifs is 1. The Morgan fingerprint density at radius 1 is 1.24 bits per heavy atom. The van der Waals surface area contributed by atoms with Gasteiger partial charge in [0.15, 0.2) is 0 Å². The fourth-order valence-corrected chi connectivity index (χ4v) is 2.83. The standard InChI is InChI=1S/C12H21NO3.ClH/c1-8-10-5-3-2-4-9(10)6-15-7-11(13)12(14)16-8;/h8-11H,2-7,13H2,1H3;1H/t8?,9-,10-,11-;/m0./s1. The molecular weight excluding hydrogens is 242 g/mol. The second kappa shape index (κ2) is 6.57. The summed E-state index contributed by atoms with van der Waals surface area (Å²) < 4.78 is 10.9. The second-order valence-corrected chi connectivity index (χ2v) is 4.99. The first-order valence-electron chi connectivity index (χ1n) is 6.22. The number of hydrogen-bond donors (Lipinski definition) is 1. The quantitative estimate of drug-likeness (QED) is 0.673. The molecule has 0 aromatic carbocycles. The molecule has 17 heavy (non-hydrogen) atoms. The molecule has 0 radical (unpaired) electrons. The second-order valence-electron chi connectivity index (χ2n) is 4.99. The molecule has 1 saturated carbocycles. The summed E-state index contributed by atoms with van der Waals surface area (Å²) >= 11 is 0. The molecular formula is C12H22ClNO3. The summed E-state index contributed by atoms with van der Waals surface area (Å²) in [6.45, 7) is 2.99. The molecule has 0 spiro atoms. The lowest BCUT2D eigenvalue weighted by atomic mass is 9.77. The molecule has 0 amide bonds. The molecule has 1 unspecified atom stereocenters. The number of rotatable bonds is 0. The minimum atomic E-state index is -0.623. The van der Waals surface area contributed by atoms with E-state index in [0.29, 0.717) is 11.8 Å². The lowest BCUT2D eigenvalue weighted by Gasteiger charge is -2.34. The lowest BCUT2D eigenvalue weighted by molar-refractivity contribution is -0.153. The highest BCUT2D eigenvalue weighted by Gasteiger charge is 2.34. The summed E-state index contributed by atoms with van der Waals surface area (Å²) in [4.78, 5) is 11.6. The van der Waals surface area contributed by atoms with Crippen LogP contribution in [0.2, 0.25) is 0 Å². The molecule has 5 heteroatoms. The molecule has 1 saturated heterocycles. The topological polar surface area (TPSA) is 61.5 Å². The van der Waals surface area contributed by atoms with Crippen LogP contribution in [0.4, 0.5) is 0 Å². The average molecular weight is 264 g/mol. The zero-order valence-electron chi connectivity index (χ0n) is 10.3. The van der Waals surface area contributed by atoms with Gasteiger partial charge in [0.2, 0.25) is 0 Å². The Balaban J connectivity index is 0.00000144. The van der Waals surface area contributed by atoms with E-state index >= 15 is 0 Å². The van der Waals surface area contributed by atoms with Crippen LogP contribution in [0.15, 0.2) is 0 Å². The number of esters is 1. The molecule has 2 N–H and O–H groups in total. The molecule has 0 bridgehead atoms. The fourth-order valence-electron chi connectivity index (χ4n) is 2.83. The predicted molar refractivity (Wildman–Crippen MR) is 67.0 cm³/mol. The lowest BCUT2D eigenvalue weighted by Crippen LogP contribution is -2.38. The van der Waals surface area contributed by atoms with Crippen LogP contribution in [0, 0.1) is 11.8 Å². The smallest absolute Gasteiger partial charge is 0.325 e. The maximum absolute atomic E-state index is 11.6. The summed E-state index contributed by atoms with van der Waals surface area (Å²) in [6.07, 6.45) is 4.79. The zero-order chi connectivity index (χ0) is 11.5. The molecule has 1 heterocycles. The third kappa shape index (κ3) is 3.57. The van der Waals surface area contributed by atoms with Crippen LogP contribution in [-0.2, 0) is 14.3 Å². The van der Waals surface area contributed by atoms with Crippen LogP contribution in [0.3, 0.4) is 0 Å². The first-order valence-corrected chi connectivity index (χ1v) is 6.22. The van der Waals surface area contributed by atoms with Crippen molar-refractivity contribution in [3.05, 3.63) is 0 Å². The molecule has 2 aliphatic rings. The number of carbonyl (C=O) groups excluding carboxylic acids is 1. The number of cyclic esters (lactones) is 1. The van der Waals surface area contributed by atoms with Crippen molar-refractivity contribution in [3.8, 4) is 0 Å². The number of hydrogen-bond acceptors (Lipinski definition) is 4. The van der Waals surface area contributed by atoms with Gasteiger partial charge in [0.25, 0.3) is 0 Å². The number of ether oxygens (including phenoxy) is 2. The van der Waals surface area contributed by atoms with Crippen molar-refractivity contribution >= 4 is 18.4 Å². The van der Waals surface area contributed by atoms with Crippen LogP contribution in [0.5, 0.6) is 0 Å². The fraction of sp³-hybridized carbons (Fsp3) is 0.917. The summed E-state index contributed by atoms with van der Waals surface area (Å²) in [5.74, 6) is 0.656. The number of carbonyl (C=O) groups is 1. The van der Waals surface area contributed by atoms with Crippen LogP contribution in [-0.4, -0.2) is 31.3 Å².